The maximum atomic E-state index is 13.8. The molecule has 0 aliphatic carbocycles. The Morgan fingerprint density at radius 3 is 2.36 bits per heavy atom. The van der Waals surface area contributed by atoms with Crippen molar-refractivity contribution in [2.24, 2.45) is 14.1 Å². The number of aryl methyl sites for hydroxylation is 1. The zero-order chi connectivity index (χ0) is 20.4. The number of hydrogen-bond acceptors (Lipinski definition) is 3. The standard InChI is InChI=1S/C20H17BrFN3O3/c1-24-11-16(19(27)25(2)20(24)28)18(26)23-17(12-5-3-7-14(21)9-12)13-6-4-8-15(22)10-13/h3-11,17H,1-2H3,(H,23,26). The zero-order valence-electron chi connectivity index (χ0n) is 15.1. The first-order valence-electron chi connectivity index (χ1n) is 8.36. The largest absolute Gasteiger partial charge is 0.341 e. The Balaban J connectivity index is 2.07. The van der Waals surface area contributed by atoms with E-state index in [1.807, 2.05) is 6.07 Å². The van der Waals surface area contributed by atoms with Crippen LogP contribution in [0.15, 0.2) is 68.8 Å². The highest BCUT2D eigenvalue weighted by molar-refractivity contribution is 9.10. The Labute approximate surface area is 168 Å². The van der Waals surface area contributed by atoms with Gasteiger partial charge in [0.15, 0.2) is 0 Å². The van der Waals surface area contributed by atoms with Crippen molar-refractivity contribution in [3.05, 3.63) is 103 Å². The Morgan fingerprint density at radius 2 is 1.71 bits per heavy atom. The molecule has 0 aliphatic rings. The van der Waals surface area contributed by atoms with Gasteiger partial charge in [0.1, 0.15) is 11.4 Å². The summed E-state index contributed by atoms with van der Waals surface area (Å²) in [4.78, 5) is 37.1. The summed E-state index contributed by atoms with van der Waals surface area (Å²) < 4.78 is 16.6. The van der Waals surface area contributed by atoms with Gasteiger partial charge in [-0.25, -0.2) is 9.18 Å². The van der Waals surface area contributed by atoms with Gasteiger partial charge in [-0.05, 0) is 35.4 Å². The maximum Gasteiger partial charge on any atom is 0.330 e. The lowest BCUT2D eigenvalue weighted by molar-refractivity contribution is 0.0939. The van der Waals surface area contributed by atoms with Gasteiger partial charge in [-0.2, -0.15) is 0 Å². The first kappa shape index (κ1) is 19.8. The van der Waals surface area contributed by atoms with Crippen LogP contribution in [0.5, 0.6) is 0 Å². The second-order valence-electron chi connectivity index (χ2n) is 6.32. The van der Waals surface area contributed by atoms with Crippen molar-refractivity contribution >= 4 is 21.8 Å². The molecule has 0 saturated carbocycles. The van der Waals surface area contributed by atoms with E-state index in [2.05, 4.69) is 21.2 Å². The number of nitrogens with one attached hydrogen (secondary N) is 1. The molecular formula is C20H17BrFN3O3. The summed E-state index contributed by atoms with van der Waals surface area (Å²) in [5.74, 6) is -1.10. The highest BCUT2D eigenvalue weighted by Gasteiger charge is 2.21. The smallest absolute Gasteiger partial charge is 0.330 e. The normalized spacial score (nSPS) is 11.9. The lowest BCUT2D eigenvalue weighted by Gasteiger charge is -2.20. The quantitative estimate of drug-likeness (QED) is 0.670. The average molecular weight is 446 g/mol. The maximum absolute atomic E-state index is 13.8. The van der Waals surface area contributed by atoms with Gasteiger partial charge in [0.2, 0.25) is 0 Å². The molecule has 144 valence electrons. The number of nitrogens with zero attached hydrogens (tertiary/aromatic N) is 2. The van der Waals surface area contributed by atoms with Gasteiger partial charge in [0.05, 0.1) is 6.04 Å². The fraction of sp³-hybridized carbons (Fsp3) is 0.150. The van der Waals surface area contributed by atoms with Gasteiger partial charge >= 0.3 is 5.69 Å². The summed E-state index contributed by atoms with van der Waals surface area (Å²) in [6.45, 7) is 0. The minimum Gasteiger partial charge on any atom is -0.341 e. The van der Waals surface area contributed by atoms with E-state index in [1.165, 1.54) is 32.4 Å². The third-order valence-corrected chi connectivity index (χ3v) is 4.82. The minimum absolute atomic E-state index is 0.180. The number of benzene rings is 2. The molecule has 1 atom stereocenters. The molecule has 0 radical (unpaired) electrons. The van der Waals surface area contributed by atoms with Crippen molar-refractivity contribution in [1.82, 2.24) is 14.5 Å². The van der Waals surface area contributed by atoms with Crippen LogP contribution in [0, 0.1) is 5.82 Å². The molecule has 0 aliphatic heterocycles. The summed E-state index contributed by atoms with van der Waals surface area (Å²) in [5, 5.41) is 2.78. The Bertz CT molecular complexity index is 1120. The van der Waals surface area contributed by atoms with Crippen molar-refractivity contribution in [2.45, 2.75) is 6.04 Å². The predicted molar refractivity (Wildman–Crippen MR) is 107 cm³/mol. The summed E-state index contributed by atoms with van der Waals surface area (Å²) in [6.07, 6.45) is 1.20. The number of hydrogen-bond donors (Lipinski definition) is 1. The Kier molecular flexibility index (Phi) is 5.60. The first-order valence-corrected chi connectivity index (χ1v) is 9.15. The molecule has 1 amide bonds. The number of halogens is 2. The molecule has 8 heteroatoms. The van der Waals surface area contributed by atoms with Gasteiger partial charge in [0, 0.05) is 24.8 Å². The first-order chi connectivity index (χ1) is 13.3. The van der Waals surface area contributed by atoms with E-state index in [1.54, 1.807) is 30.3 Å². The number of carbonyl (C=O) groups excluding carboxylic acids is 1. The number of rotatable bonds is 4. The van der Waals surface area contributed by atoms with Gasteiger partial charge in [-0.1, -0.05) is 40.2 Å². The molecule has 1 aromatic heterocycles. The molecule has 1 heterocycles. The van der Waals surface area contributed by atoms with Crippen LogP contribution in [0.2, 0.25) is 0 Å². The Morgan fingerprint density at radius 1 is 1.07 bits per heavy atom. The molecule has 28 heavy (non-hydrogen) atoms. The van der Waals surface area contributed by atoms with E-state index in [-0.39, 0.29) is 5.56 Å². The van der Waals surface area contributed by atoms with Gasteiger partial charge in [0.25, 0.3) is 11.5 Å². The minimum atomic E-state index is -0.701. The lowest BCUT2D eigenvalue weighted by Crippen LogP contribution is -2.42. The molecule has 2 aromatic carbocycles. The fourth-order valence-electron chi connectivity index (χ4n) is 2.90. The molecule has 0 saturated heterocycles. The van der Waals surface area contributed by atoms with Crippen LogP contribution >= 0.6 is 15.9 Å². The second kappa shape index (κ2) is 7.93. The monoisotopic (exact) mass is 445 g/mol. The summed E-state index contributed by atoms with van der Waals surface area (Å²) in [6, 6.07) is 12.4. The van der Waals surface area contributed by atoms with Crippen LogP contribution in [0.25, 0.3) is 0 Å². The third kappa shape index (κ3) is 3.96. The molecule has 1 unspecified atom stereocenters. The van der Waals surface area contributed by atoms with Crippen LogP contribution in [0.1, 0.15) is 27.5 Å². The number of carbonyl (C=O) groups is 1. The molecule has 1 N–H and O–H groups in total. The van der Waals surface area contributed by atoms with E-state index < -0.39 is 29.0 Å². The van der Waals surface area contributed by atoms with Crippen LogP contribution in [-0.4, -0.2) is 15.0 Å². The van der Waals surface area contributed by atoms with Gasteiger partial charge < -0.3 is 9.88 Å². The van der Waals surface area contributed by atoms with Crippen LogP contribution in [-0.2, 0) is 14.1 Å². The van der Waals surface area contributed by atoms with Crippen LogP contribution in [0.4, 0.5) is 4.39 Å². The zero-order valence-corrected chi connectivity index (χ0v) is 16.7. The molecule has 6 nitrogen and oxygen atoms in total. The van der Waals surface area contributed by atoms with Gasteiger partial charge in [-0.3, -0.25) is 14.2 Å². The summed E-state index contributed by atoms with van der Waals surface area (Å²) >= 11 is 3.39. The van der Waals surface area contributed by atoms with Crippen molar-refractivity contribution in [3.63, 3.8) is 0 Å². The second-order valence-corrected chi connectivity index (χ2v) is 7.23. The predicted octanol–water partition coefficient (Wildman–Crippen LogP) is 2.51. The number of amides is 1. The highest BCUT2D eigenvalue weighted by atomic mass is 79.9. The van der Waals surface area contributed by atoms with Crippen LogP contribution < -0.4 is 16.6 Å². The van der Waals surface area contributed by atoms with E-state index in [0.29, 0.717) is 11.1 Å². The molecular weight excluding hydrogens is 429 g/mol. The molecule has 0 spiro atoms. The summed E-state index contributed by atoms with van der Waals surface area (Å²) in [7, 11) is 2.76. The van der Waals surface area contributed by atoms with E-state index >= 15 is 0 Å². The third-order valence-electron chi connectivity index (χ3n) is 4.33. The molecule has 3 aromatic rings. The van der Waals surface area contributed by atoms with E-state index in [9.17, 15) is 18.8 Å². The Hall–Kier alpha value is -3.00. The van der Waals surface area contributed by atoms with Crippen LogP contribution in [0.3, 0.4) is 0 Å². The van der Waals surface area contributed by atoms with Crippen molar-refractivity contribution < 1.29 is 9.18 Å². The average Bonchev–Trinajstić information content (AvgIpc) is 2.67. The van der Waals surface area contributed by atoms with Crippen molar-refractivity contribution in [3.8, 4) is 0 Å². The fourth-order valence-corrected chi connectivity index (χ4v) is 3.32. The highest BCUT2D eigenvalue weighted by Crippen LogP contribution is 2.25. The number of aromatic nitrogens is 2. The molecule has 0 bridgehead atoms. The van der Waals surface area contributed by atoms with Crippen molar-refractivity contribution in [2.75, 3.05) is 0 Å². The summed E-state index contributed by atoms with van der Waals surface area (Å²) in [5.41, 5.74) is -0.188. The van der Waals surface area contributed by atoms with Crippen molar-refractivity contribution in [1.29, 1.82) is 0 Å². The lowest BCUT2D eigenvalue weighted by atomic mass is 9.98. The van der Waals surface area contributed by atoms with E-state index in [4.69, 9.17) is 0 Å². The molecule has 0 fully saturated rings. The topological polar surface area (TPSA) is 73.1 Å². The van der Waals surface area contributed by atoms with E-state index in [0.717, 1.165) is 13.6 Å². The SMILES string of the molecule is Cn1cc(C(=O)NC(c2cccc(F)c2)c2cccc(Br)c2)c(=O)n(C)c1=O. The molecule has 3 rings (SSSR count). The van der Waals surface area contributed by atoms with Gasteiger partial charge in [-0.15, -0.1) is 0 Å².